The van der Waals surface area contributed by atoms with Gasteiger partial charge in [0.2, 0.25) is 11.8 Å². The largest absolute Gasteiger partial charge is 0.453 e. The first-order valence-electron chi connectivity index (χ1n) is 26.9. The summed E-state index contributed by atoms with van der Waals surface area (Å²) in [4.78, 5) is 76.4. The molecule has 432 valence electrons. The number of ether oxygens (including phenoxy) is 4. The molecule has 0 bridgehead atoms. The van der Waals surface area contributed by atoms with Gasteiger partial charge in [0.25, 0.3) is 0 Å². The van der Waals surface area contributed by atoms with E-state index in [0.29, 0.717) is 61.5 Å². The van der Waals surface area contributed by atoms with E-state index in [1.54, 1.807) is 40.7 Å². The molecule has 25 heteroatoms. The lowest BCUT2D eigenvalue weighted by Gasteiger charge is -2.38. The average molecular weight is 1130 g/mol. The van der Waals surface area contributed by atoms with Crippen LogP contribution in [0.15, 0.2) is 54.6 Å². The molecule has 0 aliphatic carbocycles. The lowest BCUT2D eigenvalue weighted by molar-refractivity contribution is -0.138. The number of imidazole rings is 2. The molecule has 4 saturated heterocycles. The van der Waals surface area contributed by atoms with Crippen LogP contribution >= 0.6 is 0 Å². The summed E-state index contributed by atoms with van der Waals surface area (Å²) in [7, 11) is 5.18. The van der Waals surface area contributed by atoms with Crippen molar-refractivity contribution >= 4 is 63.1 Å². The summed E-state index contributed by atoms with van der Waals surface area (Å²) in [6, 6.07) is 6.08. The summed E-state index contributed by atoms with van der Waals surface area (Å²) in [6.45, 7) is 4.05. The summed E-state index contributed by atoms with van der Waals surface area (Å²) in [5.74, 6) is -5.04. The smallest absolute Gasteiger partial charge is 0.407 e. The van der Waals surface area contributed by atoms with Gasteiger partial charge in [-0.3, -0.25) is 9.59 Å². The molecular weight excluding hydrogens is 1070 g/mol. The number of aromatic nitrogens is 4. The summed E-state index contributed by atoms with van der Waals surface area (Å²) in [6.07, 6.45) is -0.570. The van der Waals surface area contributed by atoms with Gasteiger partial charge >= 0.3 is 12.2 Å². The maximum absolute atomic E-state index is 17.0. The number of likely N-dealkylation sites (tertiary alicyclic amines) is 2. The number of carbonyl (C=O) groups is 4. The standard InChI is InChI=1S/C56H63F6N11O8/c1-28(78-3)47(67-55(76)80-5)53(74)71-16-8-12-45(71)51-63-39-24-31(35(59)26-41(39)65-51)43-14-15-44(73(43)30-22-37(61)50(38(62)23-30)70-20-18-69(19-21-70)49-33(57)10-7-11-34(49)58)32-25-40-42(27-36(32)60)66-52(64-40)46-13-9-17-72(46)54(75)48(29(2)79-4)68-56(77)81-6/h7,10-11,22-29,43-48H,8-9,12-21H2,1-6H3,(H,63,65)(H,64,66)(H,67,76)(H,68,77)/t28-,29-,43+,44+,45+,46?,47+,48+/m1/s1. The van der Waals surface area contributed by atoms with Gasteiger partial charge in [-0.25, -0.2) is 45.9 Å². The summed E-state index contributed by atoms with van der Waals surface area (Å²) < 4.78 is 118. The molecule has 0 radical (unpaired) electrons. The normalized spacial score (nSPS) is 21.0. The number of nitrogens with one attached hydrogen (secondary N) is 4. The molecule has 8 atom stereocenters. The molecule has 10 rings (SSSR count). The Morgan fingerprint density at radius 1 is 0.543 bits per heavy atom. The third kappa shape index (κ3) is 10.8. The lowest BCUT2D eigenvalue weighted by atomic mass is 10.0. The second-order valence-electron chi connectivity index (χ2n) is 20.8. The van der Waals surface area contributed by atoms with Crippen LogP contribution in [-0.4, -0.2) is 146 Å². The quantitative estimate of drug-likeness (QED) is 0.0714. The first kappa shape index (κ1) is 56.5. The van der Waals surface area contributed by atoms with Crippen molar-refractivity contribution in [1.82, 2.24) is 40.4 Å². The van der Waals surface area contributed by atoms with Crippen molar-refractivity contribution in [3.63, 3.8) is 0 Å². The van der Waals surface area contributed by atoms with E-state index in [1.807, 2.05) is 0 Å². The number of amides is 4. The molecule has 1 unspecified atom stereocenters. The van der Waals surface area contributed by atoms with Crippen molar-refractivity contribution < 1.29 is 64.5 Å². The monoisotopic (exact) mass is 1130 g/mol. The molecule has 6 heterocycles. The zero-order valence-corrected chi connectivity index (χ0v) is 45.5. The van der Waals surface area contributed by atoms with Crippen LogP contribution in [0.4, 0.5) is 53.0 Å². The van der Waals surface area contributed by atoms with Gasteiger partial charge in [-0.2, -0.15) is 0 Å². The predicted molar refractivity (Wildman–Crippen MR) is 285 cm³/mol. The number of para-hydroxylation sites is 1. The number of fused-ring (bicyclic) bond motifs is 2. The molecule has 4 N–H and O–H groups in total. The Balaban J connectivity index is 0.997. The Morgan fingerprint density at radius 3 is 1.35 bits per heavy atom. The van der Waals surface area contributed by atoms with Crippen LogP contribution < -0.4 is 25.3 Å². The number of nitrogens with zero attached hydrogens (tertiary/aromatic N) is 7. The first-order chi connectivity index (χ1) is 38.9. The van der Waals surface area contributed by atoms with Crippen LogP contribution in [0.1, 0.15) is 99.3 Å². The van der Waals surface area contributed by atoms with E-state index in [1.165, 1.54) is 56.4 Å². The number of piperazine rings is 1. The molecule has 4 fully saturated rings. The highest BCUT2D eigenvalue weighted by molar-refractivity contribution is 5.88. The zero-order chi connectivity index (χ0) is 57.6. The maximum atomic E-state index is 17.0. The molecule has 0 saturated carbocycles. The Kier molecular flexibility index (Phi) is 16.3. The summed E-state index contributed by atoms with van der Waals surface area (Å²) in [5.41, 5.74) is 0.837. The summed E-state index contributed by atoms with van der Waals surface area (Å²) in [5, 5.41) is 5.12. The molecule has 4 aliphatic heterocycles. The van der Waals surface area contributed by atoms with Crippen LogP contribution in [0.5, 0.6) is 0 Å². The molecular formula is C56H63F6N11O8. The Morgan fingerprint density at radius 2 is 0.951 bits per heavy atom. The molecule has 4 aromatic carbocycles. The van der Waals surface area contributed by atoms with Gasteiger partial charge in [0.15, 0.2) is 11.6 Å². The number of halogens is 6. The van der Waals surface area contributed by atoms with E-state index in [2.05, 4.69) is 20.6 Å². The van der Waals surface area contributed by atoms with E-state index in [9.17, 15) is 28.0 Å². The van der Waals surface area contributed by atoms with Crippen molar-refractivity contribution in [1.29, 1.82) is 0 Å². The van der Waals surface area contributed by atoms with Crippen LogP contribution in [0.2, 0.25) is 0 Å². The third-order valence-electron chi connectivity index (χ3n) is 16.3. The highest BCUT2D eigenvalue weighted by Crippen LogP contribution is 2.50. The van der Waals surface area contributed by atoms with Gasteiger partial charge in [0, 0.05) is 82.4 Å². The van der Waals surface area contributed by atoms with Crippen LogP contribution in [0.25, 0.3) is 22.1 Å². The number of rotatable bonds is 15. The van der Waals surface area contributed by atoms with Crippen molar-refractivity contribution in [2.75, 3.05) is 82.4 Å². The van der Waals surface area contributed by atoms with Gasteiger partial charge in [-0.1, -0.05) is 6.07 Å². The van der Waals surface area contributed by atoms with Crippen LogP contribution in [0, 0.1) is 34.9 Å². The van der Waals surface area contributed by atoms with Crippen molar-refractivity contribution in [2.45, 2.75) is 101 Å². The molecule has 0 spiro atoms. The van der Waals surface area contributed by atoms with E-state index in [0.717, 1.165) is 24.3 Å². The Labute approximate surface area is 462 Å². The van der Waals surface area contributed by atoms with Gasteiger partial charge in [-0.05, 0) is 88.8 Å². The second kappa shape index (κ2) is 23.4. The molecule has 4 aliphatic rings. The topological polar surface area (TPSA) is 203 Å². The second-order valence-corrected chi connectivity index (χ2v) is 20.8. The van der Waals surface area contributed by atoms with Gasteiger partial charge < -0.3 is 64.0 Å². The van der Waals surface area contributed by atoms with E-state index in [4.69, 9.17) is 28.9 Å². The number of benzene rings is 4. The number of hydrogen-bond donors (Lipinski definition) is 4. The van der Waals surface area contributed by atoms with Gasteiger partial charge in [-0.15, -0.1) is 0 Å². The van der Waals surface area contributed by atoms with E-state index >= 15 is 17.6 Å². The highest BCUT2D eigenvalue weighted by Gasteiger charge is 2.43. The van der Waals surface area contributed by atoms with E-state index < -0.39 is 107 Å². The number of carbonyl (C=O) groups excluding carboxylic acids is 4. The number of aromatic amines is 2. The zero-order valence-electron chi connectivity index (χ0n) is 45.5. The Hall–Kier alpha value is -7.80. The first-order valence-corrected chi connectivity index (χ1v) is 26.9. The number of methoxy groups -OCH3 is 4. The molecule has 19 nitrogen and oxygen atoms in total. The number of H-pyrrole nitrogens is 2. The highest BCUT2D eigenvalue weighted by atomic mass is 19.2. The van der Waals surface area contributed by atoms with Gasteiger partial charge in [0.05, 0.1) is 72.7 Å². The van der Waals surface area contributed by atoms with Crippen molar-refractivity contribution in [2.24, 2.45) is 0 Å². The predicted octanol–water partition coefficient (Wildman–Crippen LogP) is 8.53. The molecule has 81 heavy (non-hydrogen) atoms. The lowest BCUT2D eigenvalue weighted by Crippen LogP contribution is -2.54. The minimum atomic E-state index is -1.10. The fourth-order valence-corrected chi connectivity index (χ4v) is 12.1. The molecule has 4 amide bonds. The van der Waals surface area contributed by atoms with Crippen molar-refractivity contribution in [3.05, 3.63) is 112 Å². The third-order valence-corrected chi connectivity index (χ3v) is 16.3. The van der Waals surface area contributed by atoms with Crippen molar-refractivity contribution in [3.8, 4) is 0 Å². The number of alkyl carbamates (subject to hydrolysis) is 2. The van der Waals surface area contributed by atoms with E-state index in [-0.39, 0.29) is 78.2 Å². The fourth-order valence-electron chi connectivity index (χ4n) is 12.1. The van der Waals surface area contributed by atoms with Gasteiger partial charge in [0.1, 0.15) is 58.4 Å². The van der Waals surface area contributed by atoms with Crippen LogP contribution in [-0.2, 0) is 28.5 Å². The summed E-state index contributed by atoms with van der Waals surface area (Å²) >= 11 is 0. The number of hydrogen-bond acceptors (Lipinski definition) is 13. The molecule has 6 aromatic rings. The number of anilines is 3. The average Bonchev–Trinajstić information content (AvgIpc) is 4.46. The fraction of sp³-hybridized carbons (Fsp3) is 0.464. The maximum Gasteiger partial charge on any atom is 0.407 e. The Bertz CT molecular complexity index is 3160. The SMILES string of the molecule is COC(=O)N[C@H](C(=O)N1CCCC1c1nc2cc(F)c([C@@H]3CC[C@@H](c4cc5[nH]c([C@@H]6CCCN6C(=O)[C@@H](NC(=O)OC)[C@@H](C)OC)nc5cc4F)N3c3cc(F)c(N4CCN(c5c(F)cccc5F)CC4)c(F)c3)cc2[nH]1)[C@@H](C)OC. The van der Waals surface area contributed by atoms with Crippen LogP contribution in [0.3, 0.4) is 0 Å². The minimum absolute atomic E-state index is 0.0127. The minimum Gasteiger partial charge on any atom is -0.453 e. The molecule has 2 aromatic heterocycles.